The number of benzene rings is 7. The summed E-state index contributed by atoms with van der Waals surface area (Å²) in [5, 5.41) is 17.9. The van der Waals surface area contributed by atoms with Crippen molar-refractivity contribution in [2.45, 2.75) is 13.8 Å². The Balaban J connectivity index is 1.30. The van der Waals surface area contributed by atoms with Crippen molar-refractivity contribution in [2.75, 3.05) is 0 Å². The summed E-state index contributed by atoms with van der Waals surface area (Å²) in [5.41, 5.74) is 14.7. The molecule has 0 saturated heterocycles. The molecule has 0 bridgehead atoms. The van der Waals surface area contributed by atoms with Crippen molar-refractivity contribution in [3.63, 3.8) is 0 Å². The number of phenols is 1. The summed E-state index contributed by atoms with van der Waals surface area (Å²) in [6.45, 7) is 4.17. The van der Waals surface area contributed by atoms with Crippen LogP contribution in [0, 0.1) is 0 Å². The van der Waals surface area contributed by atoms with E-state index in [4.69, 9.17) is 4.42 Å². The van der Waals surface area contributed by atoms with Crippen LogP contribution in [0.1, 0.15) is 19.4 Å². The molecule has 0 aliphatic rings. The van der Waals surface area contributed by atoms with Gasteiger partial charge in [0, 0.05) is 21.7 Å². The highest BCUT2D eigenvalue weighted by Crippen LogP contribution is 2.46. The zero-order valence-corrected chi connectivity index (χ0v) is 28.6. The Morgan fingerprint density at radius 2 is 1.22 bits per heavy atom. The second-order valence-electron chi connectivity index (χ2n) is 13.1. The molecule has 0 fully saturated rings. The van der Waals surface area contributed by atoms with Gasteiger partial charge >= 0.3 is 0 Å². The zero-order valence-electron chi connectivity index (χ0n) is 28.6. The third-order valence-electron chi connectivity index (χ3n) is 10.3. The summed E-state index contributed by atoms with van der Waals surface area (Å²) in [5.74, 6) is 0.289. The van der Waals surface area contributed by atoms with Gasteiger partial charge in [0.25, 0.3) is 0 Å². The van der Waals surface area contributed by atoms with Crippen LogP contribution in [0.2, 0.25) is 0 Å². The van der Waals surface area contributed by atoms with Gasteiger partial charge in [-0.15, -0.1) is 0 Å². The molecule has 0 aliphatic carbocycles. The van der Waals surface area contributed by atoms with Gasteiger partial charge in [0.2, 0.25) is 0 Å². The maximum absolute atomic E-state index is 11.3. The Morgan fingerprint density at radius 3 is 1.94 bits per heavy atom. The molecule has 0 radical (unpaired) electrons. The molecule has 49 heavy (non-hydrogen) atoms. The van der Waals surface area contributed by atoms with E-state index in [1.54, 1.807) is 6.07 Å². The van der Waals surface area contributed by atoms with E-state index < -0.39 is 0 Å². The van der Waals surface area contributed by atoms with Gasteiger partial charge in [-0.2, -0.15) is 0 Å². The molecule has 1 N–H and O–H groups in total. The summed E-state index contributed by atoms with van der Waals surface area (Å²) in [4.78, 5) is 0. The minimum Gasteiger partial charge on any atom is -0.507 e. The van der Waals surface area contributed by atoms with Crippen molar-refractivity contribution < 1.29 is 9.52 Å². The van der Waals surface area contributed by atoms with Gasteiger partial charge in [0.1, 0.15) is 40.5 Å². The fourth-order valence-electron chi connectivity index (χ4n) is 7.75. The first-order valence-corrected chi connectivity index (χ1v) is 17.0. The van der Waals surface area contributed by atoms with E-state index in [1.807, 2.05) is 25.1 Å². The Kier molecular flexibility index (Phi) is 7.57. The second kappa shape index (κ2) is 12.1. The number of rotatable bonds is 5. The first-order valence-electron chi connectivity index (χ1n) is 17.0. The van der Waals surface area contributed by atoms with Crippen LogP contribution < -0.4 is 16.4 Å². The molecule has 0 atom stereocenters. The largest absolute Gasteiger partial charge is 0.507 e. The molecule has 0 aliphatic heterocycles. The molecule has 8 aromatic rings. The highest BCUT2D eigenvalue weighted by atomic mass is 16.3. The number of hydrogen-bond acceptors (Lipinski definition) is 2. The third kappa shape index (κ3) is 4.92. The standard InChI is InChI=1S/C44H35B3O2/c1-3-4-11-25(2)29-22-23-32-35(24-29)49-44-40(32)42(46)41(45)38(43(44)47)28-20-18-27(19-21-28)36-30-14-8-9-15-31(30)37(26-12-6-5-7-13-26)39-33(36)16-10-17-34(39)48/h3-24,48H,45-47H2,1-2H3/b4-3-,25-11+. The quantitative estimate of drug-likeness (QED) is 0.123. The zero-order chi connectivity index (χ0) is 33.8. The highest BCUT2D eigenvalue weighted by Gasteiger charge is 2.21. The third-order valence-corrected chi connectivity index (χ3v) is 10.3. The molecular weight excluding hydrogens is 593 g/mol. The van der Waals surface area contributed by atoms with E-state index in [9.17, 15) is 5.11 Å². The molecule has 5 heteroatoms. The topological polar surface area (TPSA) is 33.4 Å². The van der Waals surface area contributed by atoms with Crippen molar-refractivity contribution in [1.29, 1.82) is 0 Å². The number of fused-ring (bicyclic) bond motifs is 5. The van der Waals surface area contributed by atoms with Crippen LogP contribution >= 0.6 is 0 Å². The summed E-state index contributed by atoms with van der Waals surface area (Å²) in [6, 6.07) is 40.3. The highest BCUT2D eigenvalue weighted by molar-refractivity contribution is 6.60. The lowest BCUT2D eigenvalue weighted by Gasteiger charge is -2.19. The van der Waals surface area contributed by atoms with Crippen molar-refractivity contribution in [1.82, 2.24) is 0 Å². The molecule has 1 aromatic heterocycles. The summed E-state index contributed by atoms with van der Waals surface area (Å²) < 4.78 is 6.66. The Hall–Kier alpha value is -5.67. The Labute approximate surface area is 289 Å². The lowest BCUT2D eigenvalue weighted by molar-refractivity contribution is 0.482. The lowest BCUT2D eigenvalue weighted by atomic mass is 9.69. The number of hydrogen-bond donors (Lipinski definition) is 1. The first-order chi connectivity index (χ1) is 23.9. The normalized spacial score (nSPS) is 12.2. The van der Waals surface area contributed by atoms with E-state index in [1.165, 1.54) is 27.4 Å². The van der Waals surface area contributed by atoms with Crippen LogP contribution in [0.15, 0.2) is 138 Å². The average Bonchev–Trinajstić information content (AvgIpc) is 3.52. The molecule has 0 spiro atoms. The van der Waals surface area contributed by atoms with Gasteiger partial charge in [0.05, 0.1) is 0 Å². The smallest absolute Gasteiger partial charge is 0.145 e. The van der Waals surface area contributed by atoms with Gasteiger partial charge in [-0.3, -0.25) is 0 Å². The van der Waals surface area contributed by atoms with E-state index in [0.717, 1.165) is 76.9 Å². The molecule has 1 heterocycles. The number of aromatic hydroxyl groups is 1. The second-order valence-corrected chi connectivity index (χ2v) is 13.1. The van der Waals surface area contributed by atoms with Crippen molar-refractivity contribution in [3.05, 3.63) is 139 Å². The molecule has 2 nitrogen and oxygen atoms in total. The SMILES string of the molecule is Bc1c(-c2ccc(-c3c4ccccc4c(-c4ccccc4)c4c(O)cccc34)cc2)c(B)c2oc3cc(/C(C)=C/C=C\C)ccc3c2c1B. The van der Waals surface area contributed by atoms with Gasteiger partial charge < -0.3 is 9.52 Å². The molecule has 7 aromatic carbocycles. The molecule has 0 unspecified atom stereocenters. The van der Waals surface area contributed by atoms with Crippen molar-refractivity contribution in [2.24, 2.45) is 0 Å². The number of allylic oxidation sites excluding steroid dienone is 4. The predicted molar refractivity (Wildman–Crippen MR) is 220 cm³/mol. The first kappa shape index (κ1) is 30.7. The van der Waals surface area contributed by atoms with E-state index in [0.29, 0.717) is 0 Å². The molecule has 0 saturated carbocycles. The number of phenolic OH excluding ortho intramolecular Hbond substituents is 1. The van der Waals surface area contributed by atoms with Gasteiger partial charge in [-0.1, -0.05) is 126 Å². The van der Waals surface area contributed by atoms with Gasteiger partial charge in [0.15, 0.2) is 0 Å². The molecule has 0 amide bonds. The van der Waals surface area contributed by atoms with Gasteiger partial charge in [-0.05, 0) is 92.6 Å². The van der Waals surface area contributed by atoms with Crippen LogP contribution in [-0.2, 0) is 0 Å². The van der Waals surface area contributed by atoms with E-state index in [2.05, 4.69) is 140 Å². The minimum atomic E-state index is 0.289. The van der Waals surface area contributed by atoms with E-state index >= 15 is 0 Å². The molecule has 8 rings (SSSR count). The number of furan rings is 1. The predicted octanol–water partition coefficient (Wildman–Crippen LogP) is 7.35. The maximum Gasteiger partial charge on any atom is 0.145 e. The van der Waals surface area contributed by atoms with Crippen LogP contribution in [0.4, 0.5) is 0 Å². The monoisotopic (exact) mass is 628 g/mol. The summed E-state index contributed by atoms with van der Waals surface area (Å²) in [7, 11) is 6.63. The minimum absolute atomic E-state index is 0.289. The van der Waals surface area contributed by atoms with Crippen LogP contribution in [0.5, 0.6) is 5.75 Å². The summed E-state index contributed by atoms with van der Waals surface area (Å²) in [6.07, 6.45) is 6.25. The Bertz CT molecular complexity index is 2650. The van der Waals surface area contributed by atoms with Crippen molar-refractivity contribution in [3.8, 4) is 39.1 Å². The average molecular weight is 628 g/mol. The van der Waals surface area contributed by atoms with Gasteiger partial charge in [-0.25, -0.2) is 0 Å². The van der Waals surface area contributed by atoms with Crippen LogP contribution in [-0.4, -0.2) is 28.6 Å². The van der Waals surface area contributed by atoms with Crippen molar-refractivity contribution >= 4 is 89.0 Å². The Morgan fingerprint density at radius 1 is 0.592 bits per heavy atom. The fraction of sp³-hybridized carbons (Fsp3) is 0.0455. The maximum atomic E-state index is 11.3. The van der Waals surface area contributed by atoms with E-state index in [-0.39, 0.29) is 5.75 Å². The van der Waals surface area contributed by atoms with Crippen LogP contribution in [0.3, 0.4) is 0 Å². The fourth-order valence-corrected chi connectivity index (χ4v) is 7.75. The van der Waals surface area contributed by atoms with Crippen LogP contribution in [0.25, 0.3) is 82.4 Å². The molecule has 232 valence electrons. The molecular formula is C44H35B3O2. The lowest BCUT2D eigenvalue weighted by Crippen LogP contribution is -2.34. The summed E-state index contributed by atoms with van der Waals surface area (Å²) >= 11 is 0.